The van der Waals surface area contributed by atoms with Crippen molar-refractivity contribution in [2.75, 3.05) is 0 Å². The van der Waals surface area contributed by atoms with Crippen LogP contribution in [0.4, 0.5) is 0 Å². The molecule has 1 aliphatic rings. The van der Waals surface area contributed by atoms with Gasteiger partial charge in [-0.1, -0.05) is 0 Å². The van der Waals surface area contributed by atoms with E-state index in [9.17, 15) is 4.79 Å². The molecule has 0 radical (unpaired) electrons. The van der Waals surface area contributed by atoms with Crippen LogP contribution in [-0.2, 0) is 11.2 Å². The Bertz CT molecular complexity index is 560. The Kier molecular flexibility index (Phi) is 1.92. The second kappa shape index (κ2) is 3.30. The topological polar surface area (TPSA) is 73.3 Å². The van der Waals surface area contributed by atoms with E-state index in [4.69, 9.17) is 5.73 Å². The maximum Gasteiger partial charge on any atom is 0.225 e. The van der Waals surface area contributed by atoms with Gasteiger partial charge in [0.15, 0.2) is 5.65 Å². The Hall–Kier alpha value is -1.91. The van der Waals surface area contributed by atoms with Gasteiger partial charge in [0.1, 0.15) is 0 Å². The van der Waals surface area contributed by atoms with Crippen molar-refractivity contribution in [1.29, 1.82) is 0 Å². The standard InChI is InChI=1S/C11H12N4O/c12-11(16)7-2-1-3-9-8(7)6-13-10-4-5-14-15(9)10/h4-7H,1-3H2,(H2,12,16). The van der Waals surface area contributed by atoms with E-state index in [2.05, 4.69) is 10.1 Å². The second-order valence-corrected chi connectivity index (χ2v) is 4.11. The van der Waals surface area contributed by atoms with E-state index in [-0.39, 0.29) is 11.8 Å². The number of aromatic nitrogens is 3. The number of hydrogen-bond donors (Lipinski definition) is 1. The normalized spacial score (nSPS) is 19.6. The van der Waals surface area contributed by atoms with Gasteiger partial charge in [-0.05, 0) is 19.3 Å². The van der Waals surface area contributed by atoms with E-state index in [1.165, 1.54) is 0 Å². The number of aryl methyl sites for hydroxylation is 1. The van der Waals surface area contributed by atoms with Crippen molar-refractivity contribution in [2.24, 2.45) is 5.73 Å². The van der Waals surface area contributed by atoms with E-state index in [1.807, 2.05) is 10.6 Å². The molecule has 2 aromatic rings. The third-order valence-corrected chi connectivity index (χ3v) is 3.17. The molecule has 82 valence electrons. The predicted molar refractivity (Wildman–Crippen MR) is 57.9 cm³/mol. The summed E-state index contributed by atoms with van der Waals surface area (Å²) in [5.41, 5.74) is 8.24. The molecule has 0 saturated heterocycles. The van der Waals surface area contributed by atoms with Gasteiger partial charge in [0.2, 0.25) is 5.91 Å². The molecule has 0 aliphatic heterocycles. The molecule has 0 spiro atoms. The summed E-state index contributed by atoms with van der Waals surface area (Å²) in [6.45, 7) is 0. The first-order valence-electron chi connectivity index (χ1n) is 5.38. The number of rotatable bonds is 1. The van der Waals surface area contributed by atoms with Gasteiger partial charge in [-0.25, -0.2) is 9.50 Å². The van der Waals surface area contributed by atoms with Gasteiger partial charge in [0, 0.05) is 23.5 Å². The minimum absolute atomic E-state index is 0.204. The molecule has 1 amide bonds. The first-order chi connectivity index (χ1) is 7.77. The van der Waals surface area contributed by atoms with E-state index >= 15 is 0 Å². The highest BCUT2D eigenvalue weighted by molar-refractivity contribution is 5.82. The summed E-state index contributed by atoms with van der Waals surface area (Å²) < 4.78 is 1.81. The summed E-state index contributed by atoms with van der Waals surface area (Å²) in [6.07, 6.45) is 6.20. The fourth-order valence-corrected chi connectivity index (χ4v) is 2.40. The van der Waals surface area contributed by atoms with Crippen molar-refractivity contribution in [3.63, 3.8) is 0 Å². The highest BCUT2D eigenvalue weighted by atomic mass is 16.1. The zero-order valence-corrected chi connectivity index (χ0v) is 8.76. The Labute approximate surface area is 92.3 Å². The van der Waals surface area contributed by atoms with Crippen LogP contribution in [0.15, 0.2) is 18.5 Å². The van der Waals surface area contributed by atoms with Crippen LogP contribution in [0, 0.1) is 0 Å². The first kappa shape index (κ1) is 9.33. The lowest BCUT2D eigenvalue weighted by atomic mass is 9.86. The highest BCUT2D eigenvalue weighted by Gasteiger charge is 2.26. The summed E-state index contributed by atoms with van der Waals surface area (Å²) in [7, 11) is 0. The Morgan fingerprint density at radius 3 is 3.25 bits per heavy atom. The SMILES string of the molecule is NC(=O)C1CCCc2c1cnc1ccnn21. The Morgan fingerprint density at radius 1 is 1.56 bits per heavy atom. The molecule has 3 rings (SSSR count). The van der Waals surface area contributed by atoms with Crippen molar-refractivity contribution in [3.05, 3.63) is 29.7 Å². The minimum Gasteiger partial charge on any atom is -0.369 e. The molecule has 2 N–H and O–H groups in total. The van der Waals surface area contributed by atoms with E-state index in [1.54, 1.807) is 12.4 Å². The van der Waals surface area contributed by atoms with Crippen molar-refractivity contribution in [1.82, 2.24) is 14.6 Å². The molecule has 16 heavy (non-hydrogen) atoms. The number of carbonyl (C=O) groups excluding carboxylic acids is 1. The van der Waals surface area contributed by atoms with Crippen LogP contribution < -0.4 is 5.73 Å². The average molecular weight is 216 g/mol. The molecule has 0 fully saturated rings. The molecule has 5 nitrogen and oxygen atoms in total. The third kappa shape index (κ3) is 1.21. The molecule has 0 saturated carbocycles. The summed E-state index contributed by atoms with van der Waals surface area (Å²) in [5, 5.41) is 4.23. The van der Waals surface area contributed by atoms with Gasteiger partial charge >= 0.3 is 0 Å². The Morgan fingerprint density at radius 2 is 2.44 bits per heavy atom. The van der Waals surface area contributed by atoms with Crippen LogP contribution >= 0.6 is 0 Å². The molecule has 1 unspecified atom stereocenters. The van der Waals surface area contributed by atoms with E-state index in [0.29, 0.717) is 0 Å². The van der Waals surface area contributed by atoms with Crippen molar-refractivity contribution < 1.29 is 4.79 Å². The fraction of sp³-hybridized carbons (Fsp3) is 0.364. The van der Waals surface area contributed by atoms with Gasteiger partial charge in [-0.2, -0.15) is 5.10 Å². The van der Waals surface area contributed by atoms with Gasteiger partial charge in [-0.3, -0.25) is 4.79 Å². The van der Waals surface area contributed by atoms with Gasteiger partial charge in [0.25, 0.3) is 0 Å². The van der Waals surface area contributed by atoms with Gasteiger partial charge in [-0.15, -0.1) is 0 Å². The molecule has 2 heterocycles. The maximum absolute atomic E-state index is 11.4. The lowest BCUT2D eigenvalue weighted by Crippen LogP contribution is -2.26. The summed E-state index contributed by atoms with van der Waals surface area (Å²) >= 11 is 0. The zero-order chi connectivity index (χ0) is 11.1. The van der Waals surface area contributed by atoms with Crippen molar-refractivity contribution in [3.8, 4) is 0 Å². The van der Waals surface area contributed by atoms with E-state index in [0.717, 1.165) is 36.2 Å². The molecule has 0 bridgehead atoms. The van der Waals surface area contributed by atoms with Crippen LogP contribution in [-0.4, -0.2) is 20.5 Å². The number of nitrogens with two attached hydrogens (primary N) is 1. The predicted octanol–water partition coefficient (Wildman–Crippen LogP) is 0.634. The number of hydrogen-bond acceptors (Lipinski definition) is 3. The van der Waals surface area contributed by atoms with Crippen LogP contribution in [0.1, 0.15) is 30.0 Å². The average Bonchev–Trinajstić information content (AvgIpc) is 2.76. The number of fused-ring (bicyclic) bond motifs is 3. The minimum atomic E-state index is -0.269. The number of primary amides is 1. The molecule has 0 aromatic carbocycles. The summed E-state index contributed by atoms with van der Waals surface area (Å²) in [6, 6.07) is 1.86. The smallest absolute Gasteiger partial charge is 0.225 e. The van der Waals surface area contributed by atoms with Gasteiger partial charge < -0.3 is 5.73 Å². The van der Waals surface area contributed by atoms with Crippen molar-refractivity contribution in [2.45, 2.75) is 25.2 Å². The quantitative estimate of drug-likeness (QED) is 0.760. The Balaban J connectivity index is 2.25. The molecule has 2 aromatic heterocycles. The fourth-order valence-electron chi connectivity index (χ4n) is 2.40. The summed E-state index contributed by atoms with van der Waals surface area (Å²) in [4.78, 5) is 15.6. The number of amides is 1. The number of nitrogens with zero attached hydrogens (tertiary/aromatic N) is 3. The molecular weight excluding hydrogens is 204 g/mol. The second-order valence-electron chi connectivity index (χ2n) is 4.11. The van der Waals surface area contributed by atoms with Crippen molar-refractivity contribution >= 4 is 11.6 Å². The highest BCUT2D eigenvalue weighted by Crippen LogP contribution is 2.30. The monoisotopic (exact) mass is 216 g/mol. The molecule has 5 heteroatoms. The van der Waals surface area contributed by atoms with Gasteiger partial charge in [0.05, 0.1) is 12.1 Å². The molecule has 1 atom stereocenters. The largest absolute Gasteiger partial charge is 0.369 e. The summed E-state index contributed by atoms with van der Waals surface area (Å²) in [5.74, 6) is -0.473. The van der Waals surface area contributed by atoms with Crippen LogP contribution in [0.3, 0.4) is 0 Å². The first-order valence-corrected chi connectivity index (χ1v) is 5.38. The molecular formula is C11H12N4O. The van der Waals surface area contributed by atoms with Crippen LogP contribution in [0.25, 0.3) is 5.65 Å². The lowest BCUT2D eigenvalue weighted by Gasteiger charge is -2.22. The van der Waals surface area contributed by atoms with E-state index < -0.39 is 0 Å². The zero-order valence-electron chi connectivity index (χ0n) is 8.76. The number of carbonyl (C=O) groups is 1. The third-order valence-electron chi connectivity index (χ3n) is 3.17. The molecule has 1 aliphatic carbocycles. The maximum atomic E-state index is 11.4. The van der Waals surface area contributed by atoms with Crippen LogP contribution in [0.5, 0.6) is 0 Å². The lowest BCUT2D eigenvalue weighted by molar-refractivity contribution is -0.119. The van der Waals surface area contributed by atoms with Crippen LogP contribution in [0.2, 0.25) is 0 Å².